The lowest BCUT2D eigenvalue weighted by atomic mass is 9.98. The molecule has 0 saturated heterocycles. The molecule has 0 aliphatic heterocycles. The zero-order valence-corrected chi connectivity index (χ0v) is 28.8. The van der Waals surface area contributed by atoms with Gasteiger partial charge in [0, 0.05) is 34.9 Å². The van der Waals surface area contributed by atoms with Crippen molar-refractivity contribution in [2.75, 3.05) is 10.6 Å². The maximum Gasteiger partial charge on any atom is 0.295 e. The zero-order valence-electron chi connectivity index (χ0n) is 25.3. The van der Waals surface area contributed by atoms with Gasteiger partial charge in [0.25, 0.3) is 20.2 Å². The first-order valence-electron chi connectivity index (χ1n) is 14.4. The largest absolute Gasteiger partial charge is 0.350 e. The average Bonchev–Trinajstić information content (AvgIpc) is 3.07. The molecule has 0 unspecified atom stereocenters. The Balaban J connectivity index is 1.28. The Morgan fingerprint density at radius 2 is 1.02 bits per heavy atom. The van der Waals surface area contributed by atoms with Crippen molar-refractivity contribution in [2.45, 2.75) is 9.79 Å². The molecule has 4 aromatic rings. The summed E-state index contributed by atoms with van der Waals surface area (Å²) in [6.07, 6.45) is 11.9. The van der Waals surface area contributed by atoms with Crippen LogP contribution in [0.1, 0.15) is 43.2 Å². The van der Waals surface area contributed by atoms with Crippen molar-refractivity contribution in [3.05, 3.63) is 140 Å². The maximum absolute atomic E-state index is 13.0. The van der Waals surface area contributed by atoms with E-state index >= 15 is 0 Å². The molecule has 0 saturated carbocycles. The van der Waals surface area contributed by atoms with E-state index in [-0.39, 0.29) is 55.1 Å². The quantitative estimate of drug-likeness (QED) is 0.0529. The van der Waals surface area contributed by atoms with Crippen LogP contribution in [-0.2, 0) is 20.2 Å². The SMILES string of the molecule is O=C1C(=C(S)Nc2ccc(C=Cc3ccc(NC(S)=C4C=Cc5cccnc5C4=O)cc3S(=O)(=O)O)c(S(=O)(=O)O)c2)C=Cc2cccnc21. The molecule has 16 heteroatoms. The minimum atomic E-state index is -4.82. The van der Waals surface area contributed by atoms with Crippen molar-refractivity contribution in [3.8, 4) is 0 Å². The normalized spacial score (nSPS) is 16.2. The predicted octanol–water partition coefficient (Wildman–Crippen LogP) is 6.07. The molecule has 2 aliphatic rings. The minimum Gasteiger partial charge on any atom is -0.350 e. The summed E-state index contributed by atoms with van der Waals surface area (Å²) in [4.78, 5) is 33.1. The van der Waals surface area contributed by atoms with Crippen LogP contribution in [0.15, 0.2) is 116 Å². The summed E-state index contributed by atoms with van der Waals surface area (Å²) in [5, 5.41) is 5.91. The van der Waals surface area contributed by atoms with Gasteiger partial charge in [0.15, 0.2) is 0 Å². The van der Waals surface area contributed by atoms with Crippen LogP contribution in [0.5, 0.6) is 0 Å². The number of carbonyl (C=O) groups is 2. The molecule has 2 aliphatic carbocycles. The van der Waals surface area contributed by atoms with Gasteiger partial charge in [0.1, 0.15) is 21.2 Å². The van der Waals surface area contributed by atoms with E-state index in [1.54, 1.807) is 48.6 Å². The van der Waals surface area contributed by atoms with Gasteiger partial charge in [0.05, 0.1) is 21.2 Å². The lowest BCUT2D eigenvalue weighted by molar-refractivity contribution is 0.102. The Hall–Kier alpha value is -5.10. The number of hydrogen-bond donors (Lipinski definition) is 6. The van der Waals surface area contributed by atoms with Crippen LogP contribution in [0.3, 0.4) is 0 Å². The van der Waals surface area contributed by atoms with Gasteiger partial charge in [-0.05, 0) is 59.7 Å². The van der Waals surface area contributed by atoms with Crippen LogP contribution < -0.4 is 10.6 Å². The second kappa shape index (κ2) is 13.7. The van der Waals surface area contributed by atoms with Gasteiger partial charge in [-0.15, -0.1) is 25.3 Å². The standard InChI is InChI=1S/C34H24N4O8S4/c39-31-25(13-9-21-3-1-15-35-29(21)31)33(47)37-23-11-7-19(27(17-23)49(41,42)43)5-6-20-8-12-24(18-28(20)50(44,45)46)38-34(48)26-14-10-22-4-2-16-36-30(22)32(26)40/h1-18,37-38,47-48H,(H,41,42,43)(H,44,45,46). The summed E-state index contributed by atoms with van der Waals surface area (Å²) >= 11 is 8.79. The molecule has 0 bridgehead atoms. The van der Waals surface area contributed by atoms with Crippen molar-refractivity contribution in [2.24, 2.45) is 0 Å². The van der Waals surface area contributed by atoms with E-state index < -0.39 is 41.6 Å². The highest BCUT2D eigenvalue weighted by Crippen LogP contribution is 2.31. The average molecular weight is 745 g/mol. The number of fused-ring (bicyclic) bond motifs is 2. The fourth-order valence-electron chi connectivity index (χ4n) is 5.14. The predicted molar refractivity (Wildman–Crippen MR) is 196 cm³/mol. The van der Waals surface area contributed by atoms with Gasteiger partial charge >= 0.3 is 0 Å². The number of rotatable bonds is 8. The van der Waals surface area contributed by atoms with Crippen molar-refractivity contribution < 1.29 is 35.5 Å². The summed E-state index contributed by atoms with van der Waals surface area (Å²) in [6.45, 7) is 0. The van der Waals surface area contributed by atoms with E-state index in [0.29, 0.717) is 11.1 Å². The summed E-state index contributed by atoms with van der Waals surface area (Å²) in [5.74, 6) is -0.786. The highest BCUT2D eigenvalue weighted by atomic mass is 32.2. The number of Topliss-reactive ketones (excluding diaryl/α,β-unsaturated/α-hetero) is 2. The summed E-state index contributed by atoms with van der Waals surface area (Å²) < 4.78 is 69.6. The number of anilines is 2. The molecule has 0 amide bonds. The van der Waals surface area contributed by atoms with Crippen molar-refractivity contribution in [1.29, 1.82) is 0 Å². The van der Waals surface area contributed by atoms with Crippen LogP contribution in [0, 0.1) is 0 Å². The van der Waals surface area contributed by atoms with E-state index in [4.69, 9.17) is 0 Å². The van der Waals surface area contributed by atoms with E-state index in [1.165, 1.54) is 48.8 Å². The lowest BCUT2D eigenvalue weighted by Gasteiger charge is -2.15. The molecule has 2 aromatic carbocycles. The molecule has 6 rings (SSSR count). The first kappa shape index (κ1) is 34.8. The van der Waals surface area contributed by atoms with Gasteiger partial charge in [-0.2, -0.15) is 16.8 Å². The molecule has 2 aromatic heterocycles. The number of allylic oxidation sites excluding steroid dienone is 4. The summed E-state index contributed by atoms with van der Waals surface area (Å²) in [5.41, 5.74) is 2.36. The monoisotopic (exact) mass is 744 g/mol. The highest BCUT2D eigenvalue weighted by molar-refractivity contribution is 7.86. The number of benzene rings is 2. The fourth-order valence-corrected chi connectivity index (χ4v) is 7.17. The molecule has 0 spiro atoms. The van der Waals surface area contributed by atoms with Gasteiger partial charge in [-0.1, -0.05) is 48.6 Å². The van der Waals surface area contributed by atoms with E-state index in [2.05, 4.69) is 45.9 Å². The van der Waals surface area contributed by atoms with E-state index in [9.17, 15) is 35.5 Å². The Morgan fingerprint density at radius 1 is 0.620 bits per heavy atom. The third kappa shape index (κ3) is 7.25. The molecule has 12 nitrogen and oxygen atoms in total. The second-order valence-corrected chi connectivity index (χ2v) is 14.4. The number of ketones is 2. The maximum atomic E-state index is 13.0. The topological polar surface area (TPSA) is 193 Å². The molecular formula is C34H24N4O8S4. The number of hydrogen-bond acceptors (Lipinski definition) is 12. The molecule has 0 radical (unpaired) electrons. The number of nitrogens with zero attached hydrogens (tertiary/aromatic N) is 2. The van der Waals surface area contributed by atoms with Crippen LogP contribution in [-0.4, -0.2) is 47.5 Å². The molecule has 4 N–H and O–H groups in total. The van der Waals surface area contributed by atoms with Crippen molar-refractivity contribution >= 4 is 92.7 Å². The van der Waals surface area contributed by atoms with Crippen LogP contribution in [0.4, 0.5) is 11.4 Å². The van der Waals surface area contributed by atoms with E-state index in [0.717, 1.165) is 12.1 Å². The molecular weight excluding hydrogens is 721 g/mol. The van der Waals surface area contributed by atoms with Gasteiger partial charge in [0.2, 0.25) is 11.6 Å². The molecule has 0 fully saturated rings. The van der Waals surface area contributed by atoms with Crippen molar-refractivity contribution in [3.63, 3.8) is 0 Å². The number of pyridine rings is 2. The molecule has 0 atom stereocenters. The van der Waals surface area contributed by atoms with Gasteiger partial charge < -0.3 is 10.6 Å². The van der Waals surface area contributed by atoms with Gasteiger partial charge in [-0.25, -0.2) is 0 Å². The lowest BCUT2D eigenvalue weighted by Crippen LogP contribution is -2.13. The fraction of sp³-hybridized carbons (Fsp3) is 0. The zero-order chi connectivity index (χ0) is 35.8. The Morgan fingerprint density at radius 3 is 1.40 bits per heavy atom. The number of nitrogens with one attached hydrogen (secondary N) is 2. The molecule has 2 heterocycles. The molecule has 252 valence electrons. The van der Waals surface area contributed by atoms with Crippen LogP contribution >= 0.6 is 25.3 Å². The number of thiol groups is 2. The Labute approximate surface area is 297 Å². The molecule has 50 heavy (non-hydrogen) atoms. The first-order valence-corrected chi connectivity index (χ1v) is 18.2. The number of aromatic nitrogens is 2. The number of carbonyl (C=O) groups excluding carboxylic acids is 2. The summed E-state index contributed by atoms with van der Waals surface area (Å²) in [7, 11) is -9.63. The van der Waals surface area contributed by atoms with E-state index in [1.807, 2.05) is 0 Å². The van der Waals surface area contributed by atoms with Crippen LogP contribution in [0.25, 0.3) is 24.3 Å². The third-order valence-corrected chi connectivity index (χ3v) is 10.0. The minimum absolute atomic E-state index is 0.0273. The Bertz CT molecular complexity index is 2330. The second-order valence-electron chi connectivity index (χ2n) is 10.8. The van der Waals surface area contributed by atoms with Crippen molar-refractivity contribution in [1.82, 2.24) is 9.97 Å². The van der Waals surface area contributed by atoms with Crippen LogP contribution in [0.2, 0.25) is 0 Å². The smallest absolute Gasteiger partial charge is 0.295 e. The summed E-state index contributed by atoms with van der Waals surface area (Å²) in [6, 6.07) is 14.7. The third-order valence-electron chi connectivity index (χ3n) is 7.52. The Kier molecular flexibility index (Phi) is 9.50. The first-order chi connectivity index (χ1) is 23.7. The van der Waals surface area contributed by atoms with Gasteiger partial charge in [-0.3, -0.25) is 28.7 Å². The highest BCUT2D eigenvalue weighted by Gasteiger charge is 2.24.